The maximum atomic E-state index is 12.7. The van der Waals surface area contributed by atoms with Crippen molar-refractivity contribution in [2.75, 3.05) is 16.8 Å². The fourth-order valence-corrected chi connectivity index (χ4v) is 7.71. The smallest absolute Gasteiger partial charge is 0.257 e. The molecule has 2 aromatic carbocycles. The lowest BCUT2D eigenvalue weighted by Crippen LogP contribution is -2.35. The summed E-state index contributed by atoms with van der Waals surface area (Å²) in [6, 6.07) is 8.97. The number of rotatable bonds is 5. The molecule has 164 valence electrons. The fraction of sp³-hybridized carbons (Fsp3) is 0.300. The number of amides is 1. The number of aryl methyl sites for hydroxylation is 2. The highest BCUT2D eigenvalue weighted by Crippen LogP contribution is 2.29. The van der Waals surface area contributed by atoms with Gasteiger partial charge in [-0.2, -0.15) is 0 Å². The zero-order valence-electron chi connectivity index (χ0n) is 16.9. The number of carbonyl (C=O) groups excluding carboxylic acids is 1. The number of nitrogens with one attached hydrogen (secondary N) is 2. The maximum absolute atomic E-state index is 12.7. The van der Waals surface area contributed by atoms with Crippen LogP contribution in [0.25, 0.3) is 10.2 Å². The van der Waals surface area contributed by atoms with Crippen molar-refractivity contribution in [3.05, 3.63) is 53.1 Å². The lowest BCUT2D eigenvalue weighted by Gasteiger charge is -2.12. The van der Waals surface area contributed by atoms with Crippen molar-refractivity contribution in [3.8, 4) is 0 Å². The molecule has 0 bridgehead atoms. The van der Waals surface area contributed by atoms with Gasteiger partial charge in [0.25, 0.3) is 5.91 Å². The first-order valence-corrected chi connectivity index (χ1v) is 13.7. The van der Waals surface area contributed by atoms with Crippen LogP contribution in [0.3, 0.4) is 0 Å². The molecule has 0 radical (unpaired) electrons. The number of benzene rings is 2. The number of hydrogen-bond acceptors (Lipinski definition) is 7. The van der Waals surface area contributed by atoms with Crippen LogP contribution in [0.4, 0.5) is 5.13 Å². The Morgan fingerprint density at radius 3 is 2.68 bits per heavy atom. The lowest BCUT2D eigenvalue weighted by molar-refractivity contribution is 0.102. The zero-order chi connectivity index (χ0) is 22.4. The minimum absolute atomic E-state index is 0.0379. The summed E-state index contributed by atoms with van der Waals surface area (Å²) in [5.74, 6) is -0.735. The summed E-state index contributed by atoms with van der Waals surface area (Å²) in [5, 5.41) is 3.16. The molecule has 31 heavy (non-hydrogen) atoms. The molecule has 0 saturated carbocycles. The molecule has 11 heteroatoms. The van der Waals surface area contributed by atoms with E-state index in [1.165, 1.54) is 35.6 Å². The summed E-state index contributed by atoms with van der Waals surface area (Å²) in [6.07, 6.45) is 0.234. The SMILES string of the molecule is Cc1cc(C)c2nc(NC(=O)c3cccc(S(=O)(=O)N[C@@H]4CCS(=O)(=O)C4)c3)sc2c1. The first kappa shape index (κ1) is 21.9. The largest absolute Gasteiger partial charge is 0.298 e. The molecule has 1 aliphatic heterocycles. The third-order valence-corrected chi connectivity index (χ3v) is 9.22. The van der Waals surface area contributed by atoms with Gasteiger partial charge >= 0.3 is 0 Å². The molecular weight excluding hydrogens is 458 g/mol. The van der Waals surface area contributed by atoms with Crippen LogP contribution in [0.15, 0.2) is 41.3 Å². The van der Waals surface area contributed by atoms with Crippen LogP contribution in [-0.4, -0.2) is 45.3 Å². The van der Waals surface area contributed by atoms with E-state index in [1.807, 2.05) is 26.0 Å². The van der Waals surface area contributed by atoms with Crippen LogP contribution < -0.4 is 10.0 Å². The summed E-state index contributed by atoms with van der Waals surface area (Å²) in [5.41, 5.74) is 3.10. The molecule has 3 aromatic rings. The Morgan fingerprint density at radius 2 is 1.97 bits per heavy atom. The second kappa shape index (κ2) is 7.97. The molecule has 1 amide bonds. The summed E-state index contributed by atoms with van der Waals surface area (Å²) < 4.78 is 51.9. The third kappa shape index (κ3) is 4.79. The number of sulfonamides is 1. The van der Waals surface area contributed by atoms with E-state index in [9.17, 15) is 21.6 Å². The minimum Gasteiger partial charge on any atom is -0.298 e. The van der Waals surface area contributed by atoms with E-state index in [1.54, 1.807) is 0 Å². The van der Waals surface area contributed by atoms with Crippen LogP contribution in [0, 0.1) is 13.8 Å². The Balaban J connectivity index is 1.54. The molecule has 2 N–H and O–H groups in total. The van der Waals surface area contributed by atoms with Gasteiger partial charge in [0.2, 0.25) is 10.0 Å². The summed E-state index contributed by atoms with van der Waals surface area (Å²) in [4.78, 5) is 17.1. The molecule has 1 fully saturated rings. The van der Waals surface area contributed by atoms with Gasteiger partial charge in [-0.3, -0.25) is 10.1 Å². The molecule has 1 aliphatic rings. The van der Waals surface area contributed by atoms with Gasteiger partial charge < -0.3 is 0 Å². The van der Waals surface area contributed by atoms with E-state index in [0.717, 1.165) is 21.3 Å². The van der Waals surface area contributed by atoms with E-state index in [0.29, 0.717) is 5.13 Å². The highest BCUT2D eigenvalue weighted by Gasteiger charge is 2.31. The molecule has 1 atom stereocenters. The van der Waals surface area contributed by atoms with Crippen molar-refractivity contribution in [2.45, 2.75) is 31.2 Å². The van der Waals surface area contributed by atoms with Crippen molar-refractivity contribution in [1.82, 2.24) is 9.71 Å². The second-order valence-corrected chi connectivity index (χ2v) is 12.6. The molecular formula is C20H21N3O5S3. The monoisotopic (exact) mass is 479 g/mol. The van der Waals surface area contributed by atoms with E-state index < -0.39 is 31.8 Å². The number of thiazole rings is 1. The van der Waals surface area contributed by atoms with Crippen molar-refractivity contribution < 1.29 is 21.6 Å². The highest BCUT2D eigenvalue weighted by molar-refractivity contribution is 7.92. The summed E-state index contributed by atoms with van der Waals surface area (Å²) in [6.45, 7) is 3.95. The molecule has 4 rings (SSSR count). The molecule has 1 saturated heterocycles. The maximum Gasteiger partial charge on any atom is 0.257 e. The van der Waals surface area contributed by atoms with Gasteiger partial charge in [-0.05, 0) is 55.7 Å². The molecule has 0 unspecified atom stereocenters. The Labute approximate surface area is 184 Å². The van der Waals surface area contributed by atoms with Crippen molar-refractivity contribution in [2.24, 2.45) is 0 Å². The standard InChI is InChI=1S/C20H21N3O5S3/c1-12-8-13(2)18-17(9-12)29-20(21-18)22-19(24)14-4-3-5-16(10-14)31(27,28)23-15-6-7-30(25,26)11-15/h3-5,8-10,15,23H,6-7,11H2,1-2H3,(H,21,22,24)/t15-/m1/s1. The first-order valence-electron chi connectivity index (χ1n) is 9.54. The average Bonchev–Trinajstić information content (AvgIpc) is 3.23. The first-order chi connectivity index (χ1) is 14.5. The van der Waals surface area contributed by atoms with Gasteiger partial charge in [0.1, 0.15) is 0 Å². The predicted octanol–water partition coefficient (Wildman–Crippen LogP) is 2.63. The van der Waals surface area contributed by atoms with Gasteiger partial charge in [-0.25, -0.2) is 26.5 Å². The van der Waals surface area contributed by atoms with Crippen LogP contribution in [0.5, 0.6) is 0 Å². The lowest BCUT2D eigenvalue weighted by atomic mass is 10.1. The number of aromatic nitrogens is 1. The number of anilines is 1. The number of sulfone groups is 1. The van der Waals surface area contributed by atoms with Gasteiger partial charge in [0, 0.05) is 11.6 Å². The second-order valence-electron chi connectivity index (χ2n) is 7.65. The van der Waals surface area contributed by atoms with Crippen molar-refractivity contribution in [1.29, 1.82) is 0 Å². The third-order valence-electron chi connectivity index (χ3n) is 5.01. The summed E-state index contributed by atoms with van der Waals surface area (Å²) in [7, 11) is -7.18. The minimum atomic E-state index is -3.96. The Morgan fingerprint density at radius 1 is 1.19 bits per heavy atom. The van der Waals surface area contributed by atoms with Gasteiger partial charge in [-0.15, -0.1) is 0 Å². The number of nitrogens with zero attached hydrogens (tertiary/aromatic N) is 1. The quantitative estimate of drug-likeness (QED) is 0.580. The molecule has 0 aliphatic carbocycles. The molecule has 2 heterocycles. The molecule has 0 spiro atoms. The Hall–Kier alpha value is -2.34. The molecule has 8 nitrogen and oxygen atoms in total. The van der Waals surface area contributed by atoms with Crippen LogP contribution in [0.1, 0.15) is 27.9 Å². The fourth-order valence-electron chi connectivity index (χ4n) is 3.57. The Bertz CT molecular complexity index is 1390. The van der Waals surface area contributed by atoms with Gasteiger partial charge in [0.15, 0.2) is 15.0 Å². The summed E-state index contributed by atoms with van der Waals surface area (Å²) >= 11 is 1.35. The van der Waals surface area contributed by atoms with Crippen LogP contribution >= 0.6 is 11.3 Å². The van der Waals surface area contributed by atoms with E-state index in [4.69, 9.17) is 0 Å². The highest BCUT2D eigenvalue weighted by atomic mass is 32.2. The van der Waals surface area contributed by atoms with Crippen molar-refractivity contribution in [3.63, 3.8) is 0 Å². The van der Waals surface area contributed by atoms with E-state index >= 15 is 0 Å². The van der Waals surface area contributed by atoms with Crippen molar-refractivity contribution >= 4 is 52.5 Å². The predicted molar refractivity (Wildman–Crippen MR) is 121 cm³/mol. The zero-order valence-corrected chi connectivity index (χ0v) is 19.3. The van der Waals surface area contributed by atoms with Gasteiger partial charge in [-0.1, -0.05) is 23.5 Å². The van der Waals surface area contributed by atoms with Crippen LogP contribution in [-0.2, 0) is 19.9 Å². The number of fused-ring (bicyclic) bond motifs is 1. The van der Waals surface area contributed by atoms with E-state index in [-0.39, 0.29) is 28.4 Å². The normalized spacial score (nSPS) is 18.3. The number of hydrogen-bond donors (Lipinski definition) is 2. The average molecular weight is 480 g/mol. The van der Waals surface area contributed by atoms with Gasteiger partial charge in [0.05, 0.1) is 26.6 Å². The topological polar surface area (TPSA) is 122 Å². The van der Waals surface area contributed by atoms with E-state index in [2.05, 4.69) is 15.0 Å². The Kier molecular flexibility index (Phi) is 5.63. The molecule has 1 aromatic heterocycles. The van der Waals surface area contributed by atoms with Crippen LogP contribution in [0.2, 0.25) is 0 Å². The number of carbonyl (C=O) groups is 1.